The molecule has 1 aliphatic heterocycles. The highest BCUT2D eigenvalue weighted by Crippen LogP contribution is 2.13. The number of aromatic amines is 1. The lowest BCUT2D eigenvalue weighted by molar-refractivity contribution is 0.0692. The maximum Gasteiger partial charge on any atom is 0.257 e. The summed E-state index contributed by atoms with van der Waals surface area (Å²) in [5.74, 6) is 0.0873. The van der Waals surface area contributed by atoms with E-state index in [0.717, 1.165) is 32.5 Å². The Morgan fingerprint density at radius 3 is 3.12 bits per heavy atom. The second-order valence-electron chi connectivity index (χ2n) is 4.13. The summed E-state index contributed by atoms with van der Waals surface area (Å²) < 4.78 is 0. The van der Waals surface area contributed by atoms with Crippen LogP contribution < -0.4 is 5.32 Å². The third-order valence-corrected chi connectivity index (χ3v) is 2.95. The monoisotopic (exact) mass is 222 g/mol. The molecule has 88 valence electrons. The number of amides is 1. The molecule has 1 saturated heterocycles. The zero-order valence-electron chi connectivity index (χ0n) is 9.57. The van der Waals surface area contributed by atoms with Crippen LogP contribution in [-0.2, 0) is 0 Å². The summed E-state index contributed by atoms with van der Waals surface area (Å²) in [6.45, 7) is 4.82. The summed E-state index contributed by atoms with van der Waals surface area (Å²) in [4.78, 5) is 14.2. The van der Waals surface area contributed by atoms with Crippen molar-refractivity contribution >= 4 is 5.91 Å². The Morgan fingerprint density at radius 2 is 2.56 bits per heavy atom. The van der Waals surface area contributed by atoms with Crippen LogP contribution in [0.5, 0.6) is 0 Å². The normalized spacial score (nSPS) is 19.9. The van der Waals surface area contributed by atoms with E-state index in [9.17, 15) is 4.79 Å². The lowest BCUT2D eigenvalue weighted by Gasteiger charge is -2.27. The van der Waals surface area contributed by atoms with Crippen LogP contribution in [0.4, 0.5) is 0 Å². The van der Waals surface area contributed by atoms with Crippen LogP contribution in [0.2, 0.25) is 0 Å². The molecule has 16 heavy (non-hydrogen) atoms. The molecule has 0 bridgehead atoms. The van der Waals surface area contributed by atoms with Crippen molar-refractivity contribution in [1.29, 1.82) is 0 Å². The summed E-state index contributed by atoms with van der Waals surface area (Å²) in [5, 5.41) is 9.80. The molecule has 2 heterocycles. The Morgan fingerprint density at radius 1 is 1.69 bits per heavy atom. The van der Waals surface area contributed by atoms with Crippen molar-refractivity contribution in [2.24, 2.45) is 0 Å². The minimum atomic E-state index is 0.0873. The molecule has 2 N–H and O–H groups in total. The quantitative estimate of drug-likeness (QED) is 0.785. The second kappa shape index (κ2) is 5.12. The topological polar surface area (TPSA) is 61.0 Å². The van der Waals surface area contributed by atoms with Gasteiger partial charge in [0.05, 0.1) is 11.8 Å². The molecule has 1 aliphatic rings. The molecule has 0 spiro atoms. The summed E-state index contributed by atoms with van der Waals surface area (Å²) in [6, 6.07) is 0.336. The van der Waals surface area contributed by atoms with Crippen LogP contribution in [0.25, 0.3) is 0 Å². The van der Waals surface area contributed by atoms with Gasteiger partial charge in [0.25, 0.3) is 5.91 Å². The van der Waals surface area contributed by atoms with Crippen LogP contribution in [-0.4, -0.2) is 46.7 Å². The molecule has 1 aromatic rings. The van der Waals surface area contributed by atoms with Crippen molar-refractivity contribution in [1.82, 2.24) is 20.4 Å². The highest BCUT2D eigenvalue weighted by molar-refractivity contribution is 5.93. The van der Waals surface area contributed by atoms with Gasteiger partial charge in [-0.2, -0.15) is 5.10 Å². The van der Waals surface area contributed by atoms with Gasteiger partial charge in [0.2, 0.25) is 0 Å². The maximum atomic E-state index is 12.2. The molecule has 0 saturated carbocycles. The zero-order valence-corrected chi connectivity index (χ0v) is 9.57. The van der Waals surface area contributed by atoms with Gasteiger partial charge in [-0.05, 0) is 19.4 Å². The van der Waals surface area contributed by atoms with E-state index in [1.54, 1.807) is 12.4 Å². The van der Waals surface area contributed by atoms with E-state index in [-0.39, 0.29) is 5.91 Å². The highest BCUT2D eigenvalue weighted by Gasteiger charge is 2.26. The van der Waals surface area contributed by atoms with E-state index in [1.807, 2.05) is 4.90 Å². The number of carbonyl (C=O) groups is 1. The predicted octanol–water partition coefficient (Wildman–Crippen LogP) is 0.624. The largest absolute Gasteiger partial charge is 0.334 e. The van der Waals surface area contributed by atoms with Crippen LogP contribution in [0.1, 0.15) is 30.1 Å². The van der Waals surface area contributed by atoms with Crippen molar-refractivity contribution in [3.8, 4) is 0 Å². The average molecular weight is 222 g/mol. The smallest absolute Gasteiger partial charge is 0.257 e. The lowest BCUT2D eigenvalue weighted by atomic mass is 10.2. The number of hydrogen-bond donors (Lipinski definition) is 2. The summed E-state index contributed by atoms with van der Waals surface area (Å²) in [7, 11) is 0. The van der Waals surface area contributed by atoms with Crippen LogP contribution >= 0.6 is 0 Å². The molecular formula is C11H18N4O. The third-order valence-electron chi connectivity index (χ3n) is 2.95. The Balaban J connectivity index is 2.09. The highest BCUT2D eigenvalue weighted by atomic mass is 16.2. The first kappa shape index (κ1) is 11.1. The van der Waals surface area contributed by atoms with Crippen LogP contribution in [0.15, 0.2) is 12.4 Å². The number of H-pyrrole nitrogens is 1. The number of carbonyl (C=O) groups excluding carboxylic acids is 1. The van der Waals surface area contributed by atoms with Crippen LogP contribution in [0, 0.1) is 0 Å². The van der Waals surface area contributed by atoms with E-state index in [1.165, 1.54) is 0 Å². The van der Waals surface area contributed by atoms with Gasteiger partial charge >= 0.3 is 0 Å². The molecule has 5 heteroatoms. The number of aromatic nitrogens is 2. The minimum absolute atomic E-state index is 0.0873. The molecule has 1 unspecified atom stereocenters. The molecule has 1 fully saturated rings. The number of nitrogens with one attached hydrogen (secondary N) is 2. The molecule has 2 rings (SSSR count). The molecule has 0 aromatic carbocycles. The van der Waals surface area contributed by atoms with E-state index < -0.39 is 0 Å². The molecule has 5 nitrogen and oxygen atoms in total. The first-order chi connectivity index (χ1) is 7.83. The zero-order chi connectivity index (χ0) is 11.4. The number of nitrogens with zero attached hydrogens (tertiary/aromatic N) is 2. The van der Waals surface area contributed by atoms with Crippen molar-refractivity contribution < 1.29 is 4.79 Å². The SMILES string of the molecule is CCCN(C(=O)c1cn[nH]c1)C1CCNC1. The predicted molar refractivity (Wildman–Crippen MR) is 61.2 cm³/mol. The number of rotatable bonds is 4. The second-order valence-corrected chi connectivity index (χ2v) is 4.13. The first-order valence-corrected chi connectivity index (χ1v) is 5.83. The van der Waals surface area contributed by atoms with E-state index in [4.69, 9.17) is 0 Å². The first-order valence-electron chi connectivity index (χ1n) is 5.83. The fourth-order valence-electron chi connectivity index (χ4n) is 2.13. The van der Waals surface area contributed by atoms with Gasteiger partial charge in [-0.1, -0.05) is 6.92 Å². The molecular weight excluding hydrogens is 204 g/mol. The molecule has 0 radical (unpaired) electrons. The average Bonchev–Trinajstić information content (AvgIpc) is 2.96. The van der Waals surface area contributed by atoms with Crippen molar-refractivity contribution in [3.05, 3.63) is 18.0 Å². The maximum absolute atomic E-state index is 12.2. The molecule has 1 atom stereocenters. The Kier molecular flexibility index (Phi) is 3.56. The van der Waals surface area contributed by atoms with Crippen molar-refractivity contribution in [3.63, 3.8) is 0 Å². The molecule has 1 aromatic heterocycles. The summed E-state index contributed by atoms with van der Waals surface area (Å²) in [5.41, 5.74) is 0.653. The third kappa shape index (κ3) is 2.24. The van der Waals surface area contributed by atoms with Gasteiger partial charge in [0.15, 0.2) is 0 Å². The summed E-state index contributed by atoms with van der Waals surface area (Å²) >= 11 is 0. The number of hydrogen-bond acceptors (Lipinski definition) is 3. The van der Waals surface area contributed by atoms with E-state index in [0.29, 0.717) is 11.6 Å². The standard InChI is InChI=1S/C11H18N4O/c1-2-5-15(10-3-4-12-8-10)11(16)9-6-13-14-7-9/h6-7,10,12H,2-5,8H2,1H3,(H,13,14). The van der Waals surface area contributed by atoms with Crippen molar-refractivity contribution in [2.75, 3.05) is 19.6 Å². The van der Waals surface area contributed by atoms with E-state index in [2.05, 4.69) is 22.4 Å². The van der Waals surface area contributed by atoms with Crippen LogP contribution in [0.3, 0.4) is 0 Å². The fraction of sp³-hybridized carbons (Fsp3) is 0.636. The summed E-state index contributed by atoms with van der Waals surface area (Å²) in [6.07, 6.45) is 5.28. The fourth-order valence-corrected chi connectivity index (χ4v) is 2.13. The minimum Gasteiger partial charge on any atom is -0.334 e. The molecule has 0 aliphatic carbocycles. The van der Waals surface area contributed by atoms with Gasteiger partial charge in [-0.15, -0.1) is 0 Å². The van der Waals surface area contributed by atoms with Gasteiger partial charge in [0.1, 0.15) is 0 Å². The Hall–Kier alpha value is -1.36. The van der Waals surface area contributed by atoms with Gasteiger partial charge in [-0.25, -0.2) is 0 Å². The molecule has 1 amide bonds. The van der Waals surface area contributed by atoms with Gasteiger partial charge in [0, 0.05) is 25.3 Å². The van der Waals surface area contributed by atoms with Gasteiger partial charge in [-0.3, -0.25) is 9.89 Å². The van der Waals surface area contributed by atoms with E-state index >= 15 is 0 Å². The lowest BCUT2D eigenvalue weighted by Crippen LogP contribution is -2.41. The Bertz CT molecular complexity index is 330. The van der Waals surface area contributed by atoms with Gasteiger partial charge < -0.3 is 10.2 Å². The Labute approximate surface area is 95.2 Å². The van der Waals surface area contributed by atoms with Crippen molar-refractivity contribution in [2.45, 2.75) is 25.8 Å².